The van der Waals surface area contributed by atoms with Crippen LogP contribution in [0.25, 0.3) is 0 Å². The Hall–Kier alpha value is -0.603. The number of hydrogen-bond acceptors (Lipinski definition) is 1. The van der Waals surface area contributed by atoms with E-state index >= 15 is 0 Å². The number of unbranched alkanes of at least 4 members (excludes halogenated alkanes) is 7. The van der Waals surface area contributed by atoms with Crippen molar-refractivity contribution in [2.45, 2.75) is 83.2 Å². The van der Waals surface area contributed by atoms with Gasteiger partial charge in [-0.15, -0.1) is 0 Å². The Kier molecular flexibility index (Phi) is 12.4. The minimum Gasteiger partial charge on any atom is -0.423 e. The molecule has 0 fully saturated rings. The number of rotatable bonds is 14. The molecule has 0 aliphatic heterocycles. The lowest BCUT2D eigenvalue weighted by Crippen LogP contribution is -2.15. The average molecular weight is 321 g/mol. The van der Waals surface area contributed by atoms with E-state index in [9.17, 15) is 0 Å². The summed E-state index contributed by atoms with van der Waals surface area (Å²) in [4.78, 5) is 0. The normalized spacial score (nSPS) is 12.5. The van der Waals surface area contributed by atoms with Gasteiger partial charge in [0, 0.05) is 7.11 Å². The molecule has 0 aromatic heterocycles. The predicted octanol–water partition coefficient (Wildman–Crippen LogP) is 6.13. The third-order valence-electron chi connectivity index (χ3n) is 4.55. The summed E-state index contributed by atoms with van der Waals surface area (Å²) in [6.07, 6.45) is 13.8. The molecule has 2 heteroatoms. The van der Waals surface area contributed by atoms with Gasteiger partial charge in [-0.05, 0) is 30.5 Å². The van der Waals surface area contributed by atoms with Crippen molar-refractivity contribution in [3.05, 3.63) is 35.9 Å². The summed E-state index contributed by atoms with van der Waals surface area (Å²) in [6, 6.07) is 13.6. The van der Waals surface area contributed by atoms with Crippen molar-refractivity contribution in [1.82, 2.24) is 0 Å². The second-order valence-electron chi connectivity index (χ2n) is 6.50. The van der Waals surface area contributed by atoms with Crippen LogP contribution in [0.4, 0.5) is 0 Å². The highest BCUT2D eigenvalue weighted by Crippen LogP contribution is 2.15. The van der Waals surface area contributed by atoms with Crippen LogP contribution in [0.5, 0.6) is 0 Å². The molecule has 0 aliphatic carbocycles. The lowest BCUT2D eigenvalue weighted by Gasteiger charge is -2.13. The first-order chi connectivity index (χ1) is 10.9. The zero-order valence-electron chi connectivity index (χ0n) is 14.9. The van der Waals surface area contributed by atoms with Crippen LogP contribution in [0.15, 0.2) is 30.3 Å². The first-order valence-electron chi connectivity index (χ1n) is 9.43. The van der Waals surface area contributed by atoms with Crippen LogP contribution in [-0.4, -0.2) is 16.2 Å². The molecular weight excluding hydrogens is 284 g/mol. The van der Waals surface area contributed by atoms with Crippen LogP contribution in [0, 0.1) is 0 Å². The summed E-state index contributed by atoms with van der Waals surface area (Å²) >= 11 is 0. The van der Waals surface area contributed by atoms with Crippen molar-refractivity contribution < 1.29 is 4.43 Å². The quantitative estimate of drug-likeness (QED) is 0.296. The van der Waals surface area contributed by atoms with Crippen molar-refractivity contribution in [1.29, 1.82) is 0 Å². The van der Waals surface area contributed by atoms with Crippen molar-refractivity contribution >= 4 is 9.04 Å². The molecule has 0 saturated carbocycles. The zero-order valence-corrected chi connectivity index (χ0v) is 16.0. The lowest BCUT2D eigenvalue weighted by atomic mass is 10.1. The third kappa shape index (κ3) is 10.2. The van der Waals surface area contributed by atoms with E-state index in [1.165, 1.54) is 81.9 Å². The monoisotopic (exact) mass is 320 g/mol. The second-order valence-corrected chi connectivity index (χ2v) is 9.37. The van der Waals surface area contributed by atoms with Crippen LogP contribution >= 0.6 is 0 Å². The summed E-state index contributed by atoms with van der Waals surface area (Å²) in [6.45, 7) is 2.29. The summed E-state index contributed by atoms with van der Waals surface area (Å²) < 4.78 is 5.79. The molecule has 0 aliphatic rings. The third-order valence-corrected chi connectivity index (χ3v) is 7.32. The van der Waals surface area contributed by atoms with Gasteiger partial charge in [0.1, 0.15) is 0 Å². The molecule has 0 spiro atoms. The maximum Gasteiger partial charge on any atom is 0.176 e. The molecular formula is C20H36OSi. The van der Waals surface area contributed by atoms with Gasteiger partial charge in [-0.1, -0.05) is 88.6 Å². The minimum absolute atomic E-state index is 0.924. The van der Waals surface area contributed by atoms with Crippen LogP contribution in [0.3, 0.4) is 0 Å². The smallest absolute Gasteiger partial charge is 0.176 e. The fourth-order valence-electron chi connectivity index (χ4n) is 3.06. The molecule has 0 radical (unpaired) electrons. The van der Waals surface area contributed by atoms with Crippen molar-refractivity contribution in [3.63, 3.8) is 0 Å². The second kappa shape index (κ2) is 14.0. The average Bonchev–Trinajstić information content (AvgIpc) is 2.56. The highest BCUT2D eigenvalue weighted by Gasteiger charge is 2.09. The van der Waals surface area contributed by atoms with Crippen LogP contribution in [-0.2, 0) is 10.8 Å². The highest BCUT2D eigenvalue weighted by atomic mass is 28.3. The molecule has 1 nitrogen and oxygen atoms in total. The Morgan fingerprint density at radius 1 is 0.773 bits per heavy atom. The summed E-state index contributed by atoms with van der Waals surface area (Å²) in [5.41, 5.74) is 1.47. The van der Waals surface area contributed by atoms with Gasteiger partial charge in [0.25, 0.3) is 0 Å². The summed E-state index contributed by atoms with van der Waals surface area (Å²) in [5, 5.41) is 0. The Balaban J connectivity index is 1.98. The summed E-state index contributed by atoms with van der Waals surface area (Å²) in [5.74, 6) is 0. The topological polar surface area (TPSA) is 9.23 Å². The standard InChI is InChI=1S/C20H36OSi/c1-3-4-5-6-7-8-9-13-18-22(21-2)19-14-17-20-15-11-10-12-16-20/h10-12,15-16,22H,3-9,13-14,17-19H2,1-2H3. The van der Waals surface area contributed by atoms with Gasteiger partial charge in [0.2, 0.25) is 0 Å². The molecule has 126 valence electrons. The van der Waals surface area contributed by atoms with Gasteiger partial charge in [-0.2, -0.15) is 0 Å². The van der Waals surface area contributed by atoms with Crippen molar-refractivity contribution in [3.8, 4) is 0 Å². The van der Waals surface area contributed by atoms with Crippen LogP contribution in [0.2, 0.25) is 12.1 Å². The molecule has 0 bridgehead atoms. The number of hydrogen-bond donors (Lipinski definition) is 0. The van der Waals surface area contributed by atoms with Gasteiger partial charge in [-0.3, -0.25) is 0 Å². The molecule has 0 amide bonds. The lowest BCUT2D eigenvalue weighted by molar-refractivity contribution is 0.413. The molecule has 0 saturated heterocycles. The van der Waals surface area contributed by atoms with E-state index in [2.05, 4.69) is 37.3 Å². The Labute approximate surface area is 140 Å². The molecule has 1 rings (SSSR count). The summed E-state index contributed by atoms with van der Waals surface area (Å²) in [7, 11) is 1.01. The zero-order chi connectivity index (χ0) is 15.9. The van der Waals surface area contributed by atoms with Crippen molar-refractivity contribution in [2.24, 2.45) is 0 Å². The highest BCUT2D eigenvalue weighted by molar-refractivity contribution is 6.51. The largest absolute Gasteiger partial charge is 0.423 e. The van der Waals surface area contributed by atoms with Gasteiger partial charge in [0.05, 0.1) is 0 Å². The Morgan fingerprint density at radius 2 is 1.36 bits per heavy atom. The fourth-order valence-corrected chi connectivity index (χ4v) is 5.23. The predicted molar refractivity (Wildman–Crippen MR) is 101 cm³/mol. The molecule has 1 atom stereocenters. The minimum atomic E-state index is -0.924. The van der Waals surface area contributed by atoms with Crippen molar-refractivity contribution in [2.75, 3.05) is 7.11 Å². The van der Waals surface area contributed by atoms with E-state index in [4.69, 9.17) is 4.43 Å². The number of benzene rings is 1. The Bertz CT molecular complexity index is 339. The molecule has 1 unspecified atom stereocenters. The maximum atomic E-state index is 5.79. The van der Waals surface area contributed by atoms with E-state index in [1.807, 2.05) is 7.11 Å². The SMILES string of the molecule is CCCCCCCCCC[SiH](CCCc1ccccc1)OC. The van der Waals surface area contributed by atoms with E-state index in [1.54, 1.807) is 0 Å². The van der Waals surface area contributed by atoms with Gasteiger partial charge >= 0.3 is 0 Å². The maximum absolute atomic E-state index is 5.79. The van der Waals surface area contributed by atoms with Gasteiger partial charge in [-0.25, -0.2) is 0 Å². The van der Waals surface area contributed by atoms with Gasteiger partial charge in [0.15, 0.2) is 9.04 Å². The first-order valence-corrected chi connectivity index (χ1v) is 11.5. The van der Waals surface area contributed by atoms with E-state index in [0.29, 0.717) is 0 Å². The fraction of sp³-hybridized carbons (Fsp3) is 0.700. The van der Waals surface area contributed by atoms with E-state index < -0.39 is 9.04 Å². The van der Waals surface area contributed by atoms with Crippen LogP contribution < -0.4 is 0 Å². The first kappa shape index (κ1) is 19.4. The number of aryl methyl sites for hydroxylation is 1. The molecule has 0 heterocycles. The molecule has 1 aromatic rings. The molecule has 22 heavy (non-hydrogen) atoms. The van der Waals surface area contributed by atoms with E-state index in [0.717, 1.165) is 0 Å². The Morgan fingerprint density at radius 3 is 2.00 bits per heavy atom. The van der Waals surface area contributed by atoms with Crippen LogP contribution in [0.1, 0.15) is 70.3 Å². The van der Waals surface area contributed by atoms with E-state index in [-0.39, 0.29) is 0 Å². The molecule has 1 aromatic carbocycles. The molecule has 0 N–H and O–H groups in total. The van der Waals surface area contributed by atoms with Gasteiger partial charge < -0.3 is 4.43 Å².